The Balaban J connectivity index is 1.93. The van der Waals surface area contributed by atoms with Gasteiger partial charge in [0, 0.05) is 25.2 Å². The van der Waals surface area contributed by atoms with Crippen molar-refractivity contribution in [3.05, 3.63) is 77.9 Å². The molecule has 0 amide bonds. The van der Waals surface area contributed by atoms with Crippen molar-refractivity contribution in [1.29, 1.82) is 0 Å². The summed E-state index contributed by atoms with van der Waals surface area (Å²) in [6.07, 6.45) is 0. The molecule has 0 saturated carbocycles. The van der Waals surface area contributed by atoms with Crippen LogP contribution in [0.3, 0.4) is 0 Å². The van der Waals surface area contributed by atoms with E-state index in [1.54, 1.807) is 12.1 Å². The molecule has 0 fully saturated rings. The molecule has 0 radical (unpaired) electrons. The van der Waals surface area contributed by atoms with Gasteiger partial charge in [-0.15, -0.1) is 0 Å². The fourth-order valence-corrected chi connectivity index (χ4v) is 3.67. The van der Waals surface area contributed by atoms with Crippen molar-refractivity contribution in [3.8, 4) is 0 Å². The smallest absolute Gasteiger partial charge is 0.207 e. The standard InChI is InChI=1S/C18H15F2NO2S/c1-21(12-15-6-8-16(19)11-18(15)20)24(22,23)17-9-7-13-4-2-3-5-14(13)10-17/h2-11H,12H2,1H3. The minimum absolute atomic E-state index is 0.114. The van der Waals surface area contributed by atoms with Gasteiger partial charge in [-0.2, -0.15) is 4.31 Å². The molecule has 24 heavy (non-hydrogen) atoms. The monoisotopic (exact) mass is 347 g/mol. The molecule has 0 aliphatic carbocycles. The summed E-state index contributed by atoms with van der Waals surface area (Å²) in [6, 6.07) is 15.4. The molecule has 0 aliphatic rings. The Kier molecular flexibility index (Phi) is 4.34. The second kappa shape index (κ2) is 6.30. The van der Waals surface area contributed by atoms with Gasteiger partial charge < -0.3 is 0 Å². The largest absolute Gasteiger partial charge is 0.243 e. The Morgan fingerprint density at radius 1 is 0.917 bits per heavy atom. The van der Waals surface area contributed by atoms with Gasteiger partial charge in [-0.3, -0.25) is 0 Å². The lowest BCUT2D eigenvalue weighted by molar-refractivity contribution is 0.455. The van der Waals surface area contributed by atoms with Crippen LogP contribution in [-0.2, 0) is 16.6 Å². The van der Waals surface area contributed by atoms with Crippen molar-refractivity contribution in [1.82, 2.24) is 4.31 Å². The summed E-state index contributed by atoms with van der Waals surface area (Å²) in [4.78, 5) is 0.131. The van der Waals surface area contributed by atoms with E-state index in [0.29, 0.717) is 0 Å². The van der Waals surface area contributed by atoms with Gasteiger partial charge in [0.15, 0.2) is 0 Å². The molecular weight excluding hydrogens is 332 g/mol. The van der Waals surface area contributed by atoms with E-state index in [4.69, 9.17) is 0 Å². The lowest BCUT2D eigenvalue weighted by Gasteiger charge is -2.18. The highest BCUT2D eigenvalue weighted by atomic mass is 32.2. The summed E-state index contributed by atoms with van der Waals surface area (Å²) in [6.45, 7) is -0.179. The molecule has 3 aromatic rings. The van der Waals surface area contributed by atoms with Crippen LogP contribution in [-0.4, -0.2) is 19.8 Å². The van der Waals surface area contributed by atoms with E-state index in [9.17, 15) is 17.2 Å². The third kappa shape index (κ3) is 3.16. The summed E-state index contributed by atoms with van der Waals surface area (Å²) in [5, 5.41) is 1.74. The zero-order chi connectivity index (χ0) is 17.3. The van der Waals surface area contributed by atoms with Gasteiger partial charge in [0.25, 0.3) is 0 Å². The zero-order valence-electron chi connectivity index (χ0n) is 12.9. The van der Waals surface area contributed by atoms with E-state index in [-0.39, 0.29) is 17.0 Å². The molecule has 0 unspecified atom stereocenters. The average molecular weight is 347 g/mol. The van der Waals surface area contributed by atoms with Crippen LogP contribution in [0.15, 0.2) is 65.6 Å². The quantitative estimate of drug-likeness (QED) is 0.717. The minimum atomic E-state index is -3.78. The normalized spacial score (nSPS) is 12.0. The second-order valence-electron chi connectivity index (χ2n) is 5.51. The van der Waals surface area contributed by atoms with E-state index >= 15 is 0 Å². The van der Waals surface area contributed by atoms with Gasteiger partial charge in [0.2, 0.25) is 10.0 Å². The first-order valence-electron chi connectivity index (χ1n) is 7.27. The number of rotatable bonds is 4. The van der Waals surface area contributed by atoms with Crippen molar-refractivity contribution < 1.29 is 17.2 Å². The van der Waals surface area contributed by atoms with Gasteiger partial charge in [0.1, 0.15) is 11.6 Å². The third-order valence-electron chi connectivity index (χ3n) is 3.84. The van der Waals surface area contributed by atoms with Gasteiger partial charge in [0.05, 0.1) is 4.90 Å². The topological polar surface area (TPSA) is 37.4 Å². The summed E-state index contributed by atoms with van der Waals surface area (Å²) < 4.78 is 53.1. The molecule has 0 saturated heterocycles. The van der Waals surface area contributed by atoms with Crippen LogP contribution >= 0.6 is 0 Å². The van der Waals surface area contributed by atoms with Crippen LogP contribution in [0.5, 0.6) is 0 Å². The Hall–Kier alpha value is -2.31. The van der Waals surface area contributed by atoms with Crippen LogP contribution in [0, 0.1) is 11.6 Å². The van der Waals surface area contributed by atoms with Crippen LogP contribution < -0.4 is 0 Å². The van der Waals surface area contributed by atoms with Crippen LogP contribution in [0.1, 0.15) is 5.56 Å². The van der Waals surface area contributed by atoms with E-state index in [1.165, 1.54) is 19.2 Å². The number of hydrogen-bond acceptors (Lipinski definition) is 2. The molecule has 3 rings (SSSR count). The lowest BCUT2D eigenvalue weighted by atomic mass is 10.1. The molecule has 6 heteroatoms. The van der Waals surface area contributed by atoms with Crippen LogP contribution in [0.2, 0.25) is 0 Å². The van der Waals surface area contributed by atoms with Crippen molar-refractivity contribution in [2.24, 2.45) is 0 Å². The number of benzene rings is 3. The van der Waals surface area contributed by atoms with Gasteiger partial charge in [-0.05, 0) is 29.0 Å². The Bertz CT molecular complexity index is 1000. The fourth-order valence-electron chi connectivity index (χ4n) is 2.48. The minimum Gasteiger partial charge on any atom is -0.207 e. The highest BCUT2D eigenvalue weighted by molar-refractivity contribution is 7.89. The fraction of sp³-hybridized carbons (Fsp3) is 0.111. The summed E-state index contributed by atoms with van der Waals surface area (Å²) >= 11 is 0. The molecule has 3 aromatic carbocycles. The molecule has 3 nitrogen and oxygen atoms in total. The van der Waals surface area contributed by atoms with Gasteiger partial charge in [-0.1, -0.05) is 36.4 Å². The first-order valence-corrected chi connectivity index (χ1v) is 8.71. The molecule has 124 valence electrons. The van der Waals surface area contributed by atoms with Crippen molar-refractivity contribution in [3.63, 3.8) is 0 Å². The third-order valence-corrected chi connectivity index (χ3v) is 5.64. The molecular formula is C18H15F2NO2S. The maximum Gasteiger partial charge on any atom is 0.243 e. The predicted octanol–water partition coefficient (Wildman–Crippen LogP) is 3.94. The lowest BCUT2D eigenvalue weighted by Crippen LogP contribution is -2.27. The van der Waals surface area contributed by atoms with E-state index in [1.807, 2.05) is 24.3 Å². The number of nitrogens with zero attached hydrogens (tertiary/aromatic N) is 1. The molecule has 0 heterocycles. The van der Waals surface area contributed by atoms with E-state index < -0.39 is 21.7 Å². The number of hydrogen-bond donors (Lipinski definition) is 0. The molecule has 0 spiro atoms. The molecule has 0 bridgehead atoms. The van der Waals surface area contributed by atoms with E-state index in [0.717, 1.165) is 27.2 Å². The maximum atomic E-state index is 13.7. The van der Waals surface area contributed by atoms with Crippen LogP contribution in [0.25, 0.3) is 10.8 Å². The average Bonchev–Trinajstić information content (AvgIpc) is 2.56. The summed E-state index contributed by atoms with van der Waals surface area (Å²) in [7, 11) is -2.41. The Labute approximate surface area is 139 Å². The zero-order valence-corrected chi connectivity index (χ0v) is 13.7. The summed E-state index contributed by atoms with van der Waals surface area (Å²) in [5.74, 6) is -1.47. The highest BCUT2D eigenvalue weighted by Gasteiger charge is 2.22. The molecule has 0 N–H and O–H groups in total. The number of fused-ring (bicyclic) bond motifs is 1. The number of halogens is 2. The molecule has 0 atom stereocenters. The molecule has 0 aromatic heterocycles. The maximum absolute atomic E-state index is 13.7. The SMILES string of the molecule is CN(Cc1ccc(F)cc1F)S(=O)(=O)c1ccc2ccccc2c1. The van der Waals surface area contributed by atoms with E-state index in [2.05, 4.69) is 0 Å². The molecule has 0 aliphatic heterocycles. The van der Waals surface area contributed by atoms with Crippen molar-refractivity contribution in [2.75, 3.05) is 7.05 Å². The van der Waals surface area contributed by atoms with Crippen LogP contribution in [0.4, 0.5) is 8.78 Å². The van der Waals surface area contributed by atoms with Crippen molar-refractivity contribution in [2.45, 2.75) is 11.4 Å². The Morgan fingerprint density at radius 2 is 1.62 bits per heavy atom. The second-order valence-corrected chi connectivity index (χ2v) is 7.55. The number of sulfonamides is 1. The first kappa shape index (κ1) is 16.5. The summed E-state index contributed by atoms with van der Waals surface area (Å²) in [5.41, 5.74) is 0.114. The first-order chi connectivity index (χ1) is 11.4. The predicted molar refractivity (Wildman–Crippen MR) is 89.0 cm³/mol. The van der Waals surface area contributed by atoms with Gasteiger partial charge in [-0.25, -0.2) is 17.2 Å². The van der Waals surface area contributed by atoms with Gasteiger partial charge >= 0.3 is 0 Å². The van der Waals surface area contributed by atoms with Crippen molar-refractivity contribution >= 4 is 20.8 Å². The Morgan fingerprint density at radius 3 is 2.33 bits per heavy atom. The highest BCUT2D eigenvalue weighted by Crippen LogP contribution is 2.23.